The molecule has 0 radical (unpaired) electrons. The maximum Gasteiger partial charge on any atom is 0.161 e. The van der Waals surface area contributed by atoms with Crippen molar-refractivity contribution >= 4 is 23.2 Å². The Balaban J connectivity index is 1.76. The molecule has 172 valence electrons. The van der Waals surface area contributed by atoms with Crippen molar-refractivity contribution in [2.24, 2.45) is 16.8 Å². The van der Waals surface area contributed by atoms with E-state index in [9.17, 15) is 0 Å². The van der Waals surface area contributed by atoms with Crippen LogP contribution in [0.5, 0.6) is 0 Å². The number of fused-ring (bicyclic) bond motifs is 1. The van der Waals surface area contributed by atoms with Crippen molar-refractivity contribution < 1.29 is 0 Å². The summed E-state index contributed by atoms with van der Waals surface area (Å²) in [5, 5.41) is 3.53. The van der Waals surface area contributed by atoms with Crippen molar-refractivity contribution in [1.82, 2.24) is 20.2 Å². The van der Waals surface area contributed by atoms with Gasteiger partial charge in [0.25, 0.3) is 0 Å². The van der Waals surface area contributed by atoms with Crippen LogP contribution >= 0.6 is 0 Å². The van der Waals surface area contributed by atoms with Crippen molar-refractivity contribution in [1.29, 1.82) is 0 Å². The predicted octanol–water partition coefficient (Wildman–Crippen LogP) is 3.99. The Morgan fingerprint density at radius 1 is 1.21 bits per heavy atom. The lowest BCUT2D eigenvalue weighted by molar-refractivity contribution is 0.533. The molecule has 2 unspecified atom stereocenters. The van der Waals surface area contributed by atoms with Gasteiger partial charge in [0.05, 0.1) is 0 Å². The van der Waals surface area contributed by atoms with Crippen LogP contribution in [0, 0.1) is 11.8 Å². The van der Waals surface area contributed by atoms with E-state index in [1.807, 2.05) is 44.4 Å². The van der Waals surface area contributed by atoms with Gasteiger partial charge in [-0.15, -0.1) is 0 Å². The van der Waals surface area contributed by atoms with Crippen LogP contribution in [-0.2, 0) is 0 Å². The van der Waals surface area contributed by atoms with Gasteiger partial charge in [0, 0.05) is 82.6 Å². The number of hydrogen-bond donors (Lipinski definition) is 1. The monoisotopic (exact) mass is 442 g/mol. The van der Waals surface area contributed by atoms with E-state index < -0.39 is 0 Å². The number of nitrogens with one attached hydrogen (secondary N) is 1. The SMILES string of the molecule is C=C/C(=C\N(C)C)c1cccc(-c2ncc(C(/C=N\C)=C/C)c(N3CC4CNCC4C3)n2)c1. The zero-order valence-corrected chi connectivity index (χ0v) is 20.1. The summed E-state index contributed by atoms with van der Waals surface area (Å²) >= 11 is 0. The number of aromatic nitrogens is 2. The van der Waals surface area contributed by atoms with E-state index in [4.69, 9.17) is 9.97 Å². The highest BCUT2D eigenvalue weighted by Crippen LogP contribution is 2.34. The molecule has 2 atom stereocenters. The van der Waals surface area contributed by atoms with Crippen molar-refractivity contribution in [3.8, 4) is 11.4 Å². The highest BCUT2D eigenvalue weighted by atomic mass is 15.2. The first-order valence-corrected chi connectivity index (χ1v) is 11.6. The van der Waals surface area contributed by atoms with E-state index in [2.05, 4.69) is 58.3 Å². The summed E-state index contributed by atoms with van der Waals surface area (Å²) in [5.41, 5.74) is 5.24. The van der Waals surface area contributed by atoms with E-state index in [1.165, 1.54) is 0 Å². The Labute approximate surface area is 197 Å². The number of rotatable bonds is 7. The summed E-state index contributed by atoms with van der Waals surface area (Å²) in [7, 11) is 5.83. The Morgan fingerprint density at radius 2 is 1.97 bits per heavy atom. The Bertz CT molecular complexity index is 1090. The summed E-state index contributed by atoms with van der Waals surface area (Å²) < 4.78 is 0. The normalized spacial score (nSPS) is 21.0. The lowest BCUT2D eigenvalue weighted by Crippen LogP contribution is -2.27. The zero-order valence-electron chi connectivity index (χ0n) is 20.1. The predicted molar refractivity (Wildman–Crippen MR) is 139 cm³/mol. The minimum Gasteiger partial charge on any atom is -0.383 e. The lowest BCUT2D eigenvalue weighted by atomic mass is 10.0. The average Bonchev–Trinajstić information content (AvgIpc) is 3.43. The molecule has 1 aromatic heterocycles. The van der Waals surface area contributed by atoms with E-state index in [-0.39, 0.29) is 0 Å². The molecule has 33 heavy (non-hydrogen) atoms. The highest BCUT2D eigenvalue weighted by molar-refractivity contribution is 6.11. The van der Waals surface area contributed by atoms with Gasteiger partial charge in [0.1, 0.15) is 5.82 Å². The molecule has 0 spiro atoms. The van der Waals surface area contributed by atoms with Crippen molar-refractivity contribution in [3.05, 3.63) is 66.5 Å². The van der Waals surface area contributed by atoms with Gasteiger partial charge in [0.2, 0.25) is 0 Å². The summed E-state index contributed by atoms with van der Waals surface area (Å²) in [6.07, 6.45) is 9.88. The van der Waals surface area contributed by atoms with Crippen LogP contribution in [0.1, 0.15) is 18.1 Å². The van der Waals surface area contributed by atoms with Crippen LogP contribution in [0.3, 0.4) is 0 Å². The number of benzene rings is 1. The molecular formula is C27H34N6. The molecule has 2 aliphatic heterocycles. The summed E-state index contributed by atoms with van der Waals surface area (Å²) in [5.74, 6) is 3.10. The van der Waals surface area contributed by atoms with Gasteiger partial charge in [-0.1, -0.05) is 36.9 Å². The quantitative estimate of drug-likeness (QED) is 0.519. The van der Waals surface area contributed by atoms with Gasteiger partial charge >= 0.3 is 0 Å². The topological polar surface area (TPSA) is 56.7 Å². The molecule has 2 aliphatic rings. The molecular weight excluding hydrogens is 408 g/mol. The Morgan fingerprint density at radius 3 is 2.61 bits per heavy atom. The third-order valence-corrected chi connectivity index (χ3v) is 6.42. The van der Waals surface area contributed by atoms with Gasteiger partial charge in [-0.25, -0.2) is 9.97 Å². The maximum atomic E-state index is 5.13. The van der Waals surface area contributed by atoms with E-state index in [1.54, 1.807) is 7.05 Å². The fourth-order valence-electron chi connectivity index (χ4n) is 4.78. The van der Waals surface area contributed by atoms with Crippen LogP contribution < -0.4 is 10.2 Å². The molecule has 2 fully saturated rings. The molecule has 2 saturated heterocycles. The van der Waals surface area contributed by atoms with E-state index >= 15 is 0 Å². The van der Waals surface area contributed by atoms with Crippen LogP contribution in [0.2, 0.25) is 0 Å². The maximum absolute atomic E-state index is 5.13. The number of anilines is 1. The molecule has 3 heterocycles. The van der Waals surface area contributed by atoms with Crippen LogP contribution in [0.25, 0.3) is 22.5 Å². The first-order valence-electron chi connectivity index (χ1n) is 11.6. The molecule has 1 aromatic carbocycles. The average molecular weight is 443 g/mol. The Hall–Kier alpha value is -3.25. The molecule has 6 heteroatoms. The van der Waals surface area contributed by atoms with Gasteiger partial charge < -0.3 is 15.1 Å². The first-order chi connectivity index (χ1) is 16.0. The van der Waals surface area contributed by atoms with Gasteiger partial charge in [-0.3, -0.25) is 4.99 Å². The van der Waals surface area contributed by atoms with Crippen LogP contribution in [0.15, 0.2) is 60.4 Å². The number of nitrogens with zero attached hydrogens (tertiary/aromatic N) is 5. The second-order valence-electron chi connectivity index (χ2n) is 8.98. The zero-order chi connectivity index (χ0) is 23.4. The standard InChI is InChI=1S/C27H34N6/c1-6-19(12-28-3)25-15-30-26(31-27(25)33-17-23-13-29-14-24(23)18-33)22-10-8-9-21(11-22)20(7-2)16-32(4)5/h6-12,15-16,23-24,29H,2,13-14,17-18H2,1,3-5H3/b19-6+,20-16+,28-12-. The fourth-order valence-corrected chi connectivity index (χ4v) is 4.78. The minimum absolute atomic E-state index is 0.680. The molecule has 0 saturated carbocycles. The molecule has 1 N–H and O–H groups in total. The molecule has 6 nitrogen and oxygen atoms in total. The number of aliphatic imine (C=N–C) groups is 1. The molecule has 2 aromatic rings. The van der Waals surface area contributed by atoms with E-state index in [0.717, 1.165) is 65.7 Å². The summed E-state index contributed by atoms with van der Waals surface area (Å²) in [6, 6.07) is 8.37. The highest BCUT2D eigenvalue weighted by Gasteiger charge is 2.37. The second-order valence-corrected chi connectivity index (χ2v) is 8.98. The smallest absolute Gasteiger partial charge is 0.161 e. The van der Waals surface area contributed by atoms with Gasteiger partial charge in [-0.05, 0) is 36.0 Å². The first kappa shape index (κ1) is 22.9. The summed E-state index contributed by atoms with van der Waals surface area (Å²) in [4.78, 5) is 18.6. The second kappa shape index (κ2) is 10.1. The number of hydrogen-bond acceptors (Lipinski definition) is 6. The minimum atomic E-state index is 0.680. The Kier molecular flexibility index (Phi) is 7.04. The lowest BCUT2D eigenvalue weighted by Gasteiger charge is -2.22. The number of allylic oxidation sites excluding steroid dienone is 4. The van der Waals surface area contributed by atoms with Crippen molar-refractivity contribution in [2.75, 3.05) is 52.2 Å². The molecule has 0 amide bonds. The van der Waals surface area contributed by atoms with Crippen LogP contribution in [-0.4, -0.2) is 68.4 Å². The van der Waals surface area contributed by atoms with E-state index in [0.29, 0.717) is 11.8 Å². The van der Waals surface area contributed by atoms with Crippen molar-refractivity contribution in [2.45, 2.75) is 6.92 Å². The largest absolute Gasteiger partial charge is 0.383 e. The van der Waals surface area contributed by atoms with Gasteiger partial charge in [0.15, 0.2) is 5.82 Å². The van der Waals surface area contributed by atoms with Gasteiger partial charge in [-0.2, -0.15) is 0 Å². The third kappa shape index (κ3) is 4.91. The van der Waals surface area contributed by atoms with Crippen molar-refractivity contribution in [3.63, 3.8) is 0 Å². The summed E-state index contributed by atoms with van der Waals surface area (Å²) in [6.45, 7) is 10.2. The fraction of sp³-hybridized carbons (Fsp3) is 0.370. The molecule has 4 rings (SSSR count). The van der Waals surface area contributed by atoms with Crippen LogP contribution in [0.4, 0.5) is 5.82 Å². The molecule has 0 aliphatic carbocycles. The third-order valence-electron chi connectivity index (χ3n) is 6.42. The molecule has 0 bridgehead atoms.